The molecule has 0 aromatic heterocycles. The summed E-state index contributed by atoms with van der Waals surface area (Å²) < 4.78 is 23.3. The topological polar surface area (TPSA) is 26.0 Å². The molecule has 0 spiro atoms. The van der Waals surface area contributed by atoms with Crippen LogP contribution in [0.1, 0.15) is 39.0 Å². The maximum Gasteiger partial charge on any atom is 0.238 e. The highest BCUT2D eigenvalue weighted by atomic mass is 19.3. The van der Waals surface area contributed by atoms with Gasteiger partial charge in [-0.05, 0) is 12.8 Å². The summed E-state index contributed by atoms with van der Waals surface area (Å²) in [6, 6.07) is -0.0241. The number of hydrogen-bond acceptors (Lipinski definition) is 1. The second-order valence-electron chi connectivity index (χ2n) is 2.87. The molecule has 0 aliphatic heterocycles. The zero-order valence-corrected chi connectivity index (χ0v) is 7.02. The molecule has 0 fully saturated rings. The molecule has 2 N–H and O–H groups in total. The first-order valence-electron chi connectivity index (χ1n) is 4.20. The average Bonchev–Trinajstić information content (AvgIpc) is 1.97. The van der Waals surface area contributed by atoms with E-state index >= 15 is 0 Å². The maximum absolute atomic E-state index is 11.7. The minimum absolute atomic E-state index is 0.0241. The third-order valence-electron chi connectivity index (χ3n) is 1.68. The van der Waals surface area contributed by atoms with Crippen LogP contribution in [-0.2, 0) is 0 Å². The van der Waals surface area contributed by atoms with E-state index in [-0.39, 0.29) is 12.5 Å². The van der Waals surface area contributed by atoms with Crippen LogP contribution in [0.15, 0.2) is 0 Å². The molecule has 0 aliphatic carbocycles. The van der Waals surface area contributed by atoms with E-state index in [4.69, 9.17) is 5.73 Å². The van der Waals surface area contributed by atoms with E-state index in [1.807, 2.05) is 0 Å². The van der Waals surface area contributed by atoms with Gasteiger partial charge in [-0.1, -0.05) is 19.8 Å². The van der Waals surface area contributed by atoms with Crippen LogP contribution < -0.4 is 5.73 Å². The Kier molecular flexibility index (Phi) is 6.42. The lowest BCUT2D eigenvalue weighted by Crippen LogP contribution is -2.20. The summed E-state index contributed by atoms with van der Waals surface area (Å²) in [5.74, 6) is 0. The van der Waals surface area contributed by atoms with Crippen molar-refractivity contribution >= 4 is 0 Å². The average molecular weight is 165 g/mol. The molecule has 0 saturated heterocycles. The third-order valence-corrected chi connectivity index (χ3v) is 1.68. The number of alkyl halides is 2. The van der Waals surface area contributed by atoms with Crippen molar-refractivity contribution < 1.29 is 8.78 Å². The standard InChI is InChI=1S/C8H17F2N/c1-2-3-4-7(11)5-6-8(9)10/h7-8H,2-6,11H2,1H3/t7-/m1/s1. The number of rotatable bonds is 6. The van der Waals surface area contributed by atoms with Crippen molar-refractivity contribution in [2.45, 2.75) is 51.5 Å². The van der Waals surface area contributed by atoms with Crippen molar-refractivity contribution in [2.24, 2.45) is 5.73 Å². The molecular formula is C8H17F2N. The normalized spacial score (nSPS) is 13.9. The third kappa shape index (κ3) is 7.72. The van der Waals surface area contributed by atoms with E-state index in [2.05, 4.69) is 6.92 Å². The monoisotopic (exact) mass is 165 g/mol. The Morgan fingerprint density at radius 1 is 1.18 bits per heavy atom. The van der Waals surface area contributed by atoms with Crippen molar-refractivity contribution in [3.05, 3.63) is 0 Å². The molecule has 0 aromatic carbocycles. The predicted octanol–water partition coefficient (Wildman–Crippen LogP) is 2.55. The molecule has 11 heavy (non-hydrogen) atoms. The largest absolute Gasteiger partial charge is 0.328 e. The van der Waals surface area contributed by atoms with Gasteiger partial charge >= 0.3 is 0 Å². The highest BCUT2D eigenvalue weighted by Gasteiger charge is 2.06. The molecule has 68 valence electrons. The first kappa shape index (κ1) is 10.8. The number of unbranched alkanes of at least 4 members (excludes halogenated alkanes) is 1. The van der Waals surface area contributed by atoms with Crippen molar-refractivity contribution in [2.75, 3.05) is 0 Å². The van der Waals surface area contributed by atoms with Crippen molar-refractivity contribution in [3.8, 4) is 0 Å². The fourth-order valence-corrected chi connectivity index (χ4v) is 0.951. The Morgan fingerprint density at radius 3 is 2.27 bits per heavy atom. The molecular weight excluding hydrogens is 148 g/mol. The van der Waals surface area contributed by atoms with Gasteiger partial charge in [0, 0.05) is 12.5 Å². The maximum atomic E-state index is 11.7. The van der Waals surface area contributed by atoms with Gasteiger partial charge in [-0.25, -0.2) is 8.78 Å². The van der Waals surface area contributed by atoms with Gasteiger partial charge in [-0.15, -0.1) is 0 Å². The lowest BCUT2D eigenvalue weighted by Gasteiger charge is -2.09. The highest BCUT2D eigenvalue weighted by Crippen LogP contribution is 2.08. The molecule has 3 heteroatoms. The Bertz CT molecular complexity index is 86.2. The summed E-state index contributed by atoms with van der Waals surface area (Å²) in [5.41, 5.74) is 5.57. The Labute approximate surface area is 67.0 Å². The van der Waals surface area contributed by atoms with Crippen molar-refractivity contribution in [1.29, 1.82) is 0 Å². The molecule has 0 rings (SSSR count). The van der Waals surface area contributed by atoms with E-state index < -0.39 is 6.43 Å². The molecule has 0 radical (unpaired) electrons. The van der Waals surface area contributed by atoms with Crippen LogP contribution in [0.25, 0.3) is 0 Å². The fraction of sp³-hybridized carbons (Fsp3) is 1.00. The van der Waals surface area contributed by atoms with Crippen molar-refractivity contribution in [1.82, 2.24) is 0 Å². The number of nitrogens with two attached hydrogens (primary N) is 1. The minimum atomic E-state index is -2.19. The second-order valence-corrected chi connectivity index (χ2v) is 2.87. The van der Waals surface area contributed by atoms with E-state index in [0.29, 0.717) is 6.42 Å². The summed E-state index contributed by atoms with van der Waals surface area (Å²) in [5, 5.41) is 0. The smallest absolute Gasteiger partial charge is 0.238 e. The summed E-state index contributed by atoms with van der Waals surface area (Å²) in [7, 11) is 0. The summed E-state index contributed by atoms with van der Waals surface area (Å²) >= 11 is 0. The van der Waals surface area contributed by atoms with Crippen LogP contribution in [0.4, 0.5) is 8.78 Å². The van der Waals surface area contributed by atoms with Crippen LogP contribution >= 0.6 is 0 Å². The van der Waals surface area contributed by atoms with Gasteiger partial charge in [-0.2, -0.15) is 0 Å². The molecule has 0 aliphatic rings. The number of hydrogen-bond donors (Lipinski definition) is 1. The Morgan fingerprint density at radius 2 is 1.82 bits per heavy atom. The van der Waals surface area contributed by atoms with Crippen LogP contribution in [0.2, 0.25) is 0 Å². The minimum Gasteiger partial charge on any atom is -0.328 e. The van der Waals surface area contributed by atoms with Gasteiger partial charge in [0.1, 0.15) is 0 Å². The first-order valence-corrected chi connectivity index (χ1v) is 4.20. The van der Waals surface area contributed by atoms with Crippen molar-refractivity contribution in [3.63, 3.8) is 0 Å². The van der Waals surface area contributed by atoms with Gasteiger partial charge in [0.25, 0.3) is 0 Å². The molecule has 0 unspecified atom stereocenters. The molecule has 0 bridgehead atoms. The molecule has 1 nitrogen and oxygen atoms in total. The number of halogens is 2. The van der Waals surface area contributed by atoms with Crippen LogP contribution in [0.5, 0.6) is 0 Å². The molecule has 0 saturated carbocycles. The summed E-state index contributed by atoms with van der Waals surface area (Å²) in [4.78, 5) is 0. The van der Waals surface area contributed by atoms with E-state index in [1.54, 1.807) is 0 Å². The van der Waals surface area contributed by atoms with Gasteiger partial charge < -0.3 is 5.73 Å². The van der Waals surface area contributed by atoms with Gasteiger partial charge in [0.05, 0.1) is 0 Å². The van der Waals surface area contributed by atoms with Gasteiger partial charge in [0.2, 0.25) is 6.43 Å². The quantitative estimate of drug-likeness (QED) is 0.643. The van der Waals surface area contributed by atoms with Crippen LogP contribution in [0, 0.1) is 0 Å². The molecule has 0 aromatic rings. The summed E-state index contributed by atoms with van der Waals surface area (Å²) in [6.07, 6.45) is 1.22. The Balaban J connectivity index is 3.15. The Hall–Kier alpha value is -0.180. The zero-order chi connectivity index (χ0) is 8.69. The van der Waals surface area contributed by atoms with E-state index in [9.17, 15) is 8.78 Å². The predicted molar refractivity (Wildman–Crippen MR) is 42.7 cm³/mol. The fourth-order valence-electron chi connectivity index (χ4n) is 0.951. The van der Waals surface area contributed by atoms with Crippen LogP contribution in [-0.4, -0.2) is 12.5 Å². The summed E-state index contributed by atoms with van der Waals surface area (Å²) in [6.45, 7) is 2.07. The van der Waals surface area contributed by atoms with Gasteiger partial charge in [-0.3, -0.25) is 0 Å². The second kappa shape index (κ2) is 6.53. The lowest BCUT2D eigenvalue weighted by molar-refractivity contribution is 0.131. The SMILES string of the molecule is CCCC[C@@H](N)CCC(F)F. The molecule has 0 amide bonds. The zero-order valence-electron chi connectivity index (χ0n) is 7.02. The molecule has 0 heterocycles. The lowest BCUT2D eigenvalue weighted by atomic mass is 10.1. The van der Waals surface area contributed by atoms with E-state index in [0.717, 1.165) is 19.3 Å². The first-order chi connectivity index (χ1) is 5.16. The molecule has 1 atom stereocenters. The van der Waals surface area contributed by atoms with Gasteiger partial charge in [0.15, 0.2) is 0 Å². The van der Waals surface area contributed by atoms with Crippen LogP contribution in [0.3, 0.4) is 0 Å². The van der Waals surface area contributed by atoms with E-state index in [1.165, 1.54) is 0 Å². The highest BCUT2D eigenvalue weighted by molar-refractivity contribution is 4.61.